The van der Waals surface area contributed by atoms with Crippen molar-refractivity contribution in [1.82, 2.24) is 4.90 Å². The Balaban J connectivity index is 1.89. The number of aryl methyl sites for hydroxylation is 1. The van der Waals surface area contributed by atoms with Crippen molar-refractivity contribution in [2.45, 2.75) is 45.6 Å². The van der Waals surface area contributed by atoms with Gasteiger partial charge in [0, 0.05) is 19.0 Å². The number of carbonyl (C=O) groups is 1. The van der Waals surface area contributed by atoms with Crippen LogP contribution in [0.2, 0.25) is 0 Å². The first-order valence-corrected chi connectivity index (χ1v) is 7.12. The van der Waals surface area contributed by atoms with Crippen molar-refractivity contribution in [1.29, 1.82) is 0 Å². The highest BCUT2D eigenvalue weighted by Crippen LogP contribution is 2.24. The van der Waals surface area contributed by atoms with E-state index < -0.39 is 0 Å². The molecule has 104 valence electrons. The predicted octanol–water partition coefficient (Wildman–Crippen LogP) is 3.41. The second kappa shape index (κ2) is 6.18. The van der Waals surface area contributed by atoms with E-state index in [2.05, 4.69) is 13.8 Å². The van der Waals surface area contributed by atoms with Crippen LogP contribution in [-0.4, -0.2) is 23.4 Å². The van der Waals surface area contributed by atoms with Gasteiger partial charge in [-0.05, 0) is 42.9 Å². The van der Waals surface area contributed by atoms with Crippen LogP contribution < -0.4 is 0 Å². The summed E-state index contributed by atoms with van der Waals surface area (Å²) in [5.74, 6) is 0.535. The molecule has 1 saturated heterocycles. The Bertz CT molecular complexity index is 427. The van der Waals surface area contributed by atoms with Crippen LogP contribution in [0.1, 0.15) is 38.7 Å². The molecule has 1 aliphatic heterocycles. The van der Waals surface area contributed by atoms with E-state index in [0.29, 0.717) is 24.8 Å². The van der Waals surface area contributed by atoms with Crippen LogP contribution in [0.15, 0.2) is 24.3 Å². The number of hydrogen-bond acceptors (Lipinski definition) is 1. The predicted molar refractivity (Wildman–Crippen MR) is 74.3 cm³/mol. The van der Waals surface area contributed by atoms with E-state index in [-0.39, 0.29) is 11.7 Å². The Kier molecular flexibility index (Phi) is 4.56. The standard InChI is InChI=1S/C16H22FNO/c1-12(2)15-4-3-11-18(15)16(19)10-7-13-5-8-14(17)9-6-13/h5-6,8-9,12,15H,3-4,7,10-11H2,1-2H3. The second-order valence-electron chi connectivity index (χ2n) is 5.67. The normalized spacial score (nSPS) is 19.2. The quantitative estimate of drug-likeness (QED) is 0.815. The Morgan fingerprint density at radius 3 is 2.68 bits per heavy atom. The molecule has 1 aromatic carbocycles. The molecule has 3 heteroatoms. The first-order valence-electron chi connectivity index (χ1n) is 7.12. The summed E-state index contributed by atoms with van der Waals surface area (Å²) in [6.45, 7) is 5.25. The zero-order valence-corrected chi connectivity index (χ0v) is 11.7. The molecule has 0 radical (unpaired) electrons. The molecule has 2 rings (SSSR count). The average Bonchev–Trinajstić information content (AvgIpc) is 2.87. The van der Waals surface area contributed by atoms with Crippen molar-refractivity contribution in [2.24, 2.45) is 5.92 Å². The minimum absolute atomic E-state index is 0.227. The molecule has 19 heavy (non-hydrogen) atoms. The van der Waals surface area contributed by atoms with Gasteiger partial charge in [-0.3, -0.25) is 4.79 Å². The molecular formula is C16H22FNO. The third kappa shape index (κ3) is 3.55. The van der Waals surface area contributed by atoms with E-state index in [9.17, 15) is 9.18 Å². The van der Waals surface area contributed by atoms with Crippen LogP contribution in [0.3, 0.4) is 0 Å². The molecule has 0 saturated carbocycles. The van der Waals surface area contributed by atoms with Gasteiger partial charge in [0.2, 0.25) is 5.91 Å². The van der Waals surface area contributed by atoms with Gasteiger partial charge in [-0.2, -0.15) is 0 Å². The van der Waals surface area contributed by atoms with Crippen LogP contribution in [0, 0.1) is 11.7 Å². The zero-order valence-electron chi connectivity index (χ0n) is 11.7. The van der Waals surface area contributed by atoms with Crippen molar-refractivity contribution in [2.75, 3.05) is 6.54 Å². The van der Waals surface area contributed by atoms with E-state index in [1.54, 1.807) is 12.1 Å². The van der Waals surface area contributed by atoms with Gasteiger partial charge in [-0.15, -0.1) is 0 Å². The average molecular weight is 263 g/mol. The minimum Gasteiger partial charge on any atom is -0.339 e. The maximum Gasteiger partial charge on any atom is 0.223 e. The first kappa shape index (κ1) is 14.0. The fourth-order valence-electron chi connectivity index (χ4n) is 2.84. The molecular weight excluding hydrogens is 241 g/mol. The van der Waals surface area contributed by atoms with Gasteiger partial charge in [-0.1, -0.05) is 26.0 Å². The van der Waals surface area contributed by atoms with E-state index in [0.717, 1.165) is 24.9 Å². The summed E-state index contributed by atoms with van der Waals surface area (Å²) >= 11 is 0. The summed E-state index contributed by atoms with van der Waals surface area (Å²) in [6.07, 6.45) is 3.46. The summed E-state index contributed by atoms with van der Waals surface area (Å²) in [4.78, 5) is 14.3. The molecule has 0 bridgehead atoms. The van der Waals surface area contributed by atoms with Gasteiger partial charge in [0.05, 0.1) is 0 Å². The SMILES string of the molecule is CC(C)C1CCCN1C(=O)CCc1ccc(F)cc1. The number of nitrogens with zero attached hydrogens (tertiary/aromatic N) is 1. The van der Waals surface area contributed by atoms with Gasteiger partial charge in [-0.25, -0.2) is 4.39 Å². The lowest BCUT2D eigenvalue weighted by Crippen LogP contribution is -2.38. The third-order valence-electron chi connectivity index (χ3n) is 3.93. The lowest BCUT2D eigenvalue weighted by molar-refractivity contribution is -0.132. The monoisotopic (exact) mass is 263 g/mol. The summed E-state index contributed by atoms with van der Waals surface area (Å²) in [6, 6.07) is 6.82. The largest absolute Gasteiger partial charge is 0.339 e. The third-order valence-corrected chi connectivity index (χ3v) is 3.93. The van der Waals surface area contributed by atoms with Gasteiger partial charge in [0.15, 0.2) is 0 Å². The van der Waals surface area contributed by atoms with Crippen molar-refractivity contribution >= 4 is 5.91 Å². The number of likely N-dealkylation sites (tertiary alicyclic amines) is 1. The van der Waals surface area contributed by atoms with Crippen molar-refractivity contribution < 1.29 is 9.18 Å². The lowest BCUT2D eigenvalue weighted by Gasteiger charge is -2.27. The molecule has 0 aliphatic carbocycles. The van der Waals surface area contributed by atoms with Crippen molar-refractivity contribution in [3.8, 4) is 0 Å². The molecule has 1 heterocycles. The first-order chi connectivity index (χ1) is 9.08. The molecule has 1 aromatic rings. The molecule has 0 N–H and O–H groups in total. The maximum absolute atomic E-state index is 12.8. The summed E-state index contributed by atoms with van der Waals surface area (Å²) in [5.41, 5.74) is 1.02. The number of amides is 1. The fraction of sp³-hybridized carbons (Fsp3) is 0.562. The van der Waals surface area contributed by atoms with Gasteiger partial charge < -0.3 is 4.90 Å². The Hall–Kier alpha value is -1.38. The highest BCUT2D eigenvalue weighted by atomic mass is 19.1. The summed E-state index contributed by atoms with van der Waals surface area (Å²) in [5, 5.41) is 0. The van der Waals surface area contributed by atoms with E-state index in [1.165, 1.54) is 12.1 Å². The lowest BCUT2D eigenvalue weighted by atomic mass is 10.0. The molecule has 1 unspecified atom stereocenters. The topological polar surface area (TPSA) is 20.3 Å². The molecule has 1 fully saturated rings. The van der Waals surface area contributed by atoms with E-state index >= 15 is 0 Å². The number of carbonyl (C=O) groups excluding carboxylic acids is 1. The number of hydrogen-bond donors (Lipinski definition) is 0. The maximum atomic E-state index is 12.8. The van der Waals surface area contributed by atoms with Gasteiger partial charge in [0.25, 0.3) is 0 Å². The summed E-state index contributed by atoms with van der Waals surface area (Å²) in [7, 11) is 0. The second-order valence-corrected chi connectivity index (χ2v) is 5.67. The fourth-order valence-corrected chi connectivity index (χ4v) is 2.84. The Labute approximate surface area is 114 Å². The van der Waals surface area contributed by atoms with Crippen LogP contribution >= 0.6 is 0 Å². The van der Waals surface area contributed by atoms with Gasteiger partial charge >= 0.3 is 0 Å². The molecule has 1 amide bonds. The number of rotatable bonds is 4. The van der Waals surface area contributed by atoms with Crippen LogP contribution in [-0.2, 0) is 11.2 Å². The molecule has 0 aromatic heterocycles. The van der Waals surface area contributed by atoms with Crippen LogP contribution in [0.4, 0.5) is 4.39 Å². The smallest absolute Gasteiger partial charge is 0.223 e. The van der Waals surface area contributed by atoms with Crippen LogP contribution in [0.5, 0.6) is 0 Å². The van der Waals surface area contributed by atoms with Crippen LogP contribution in [0.25, 0.3) is 0 Å². The minimum atomic E-state index is -0.227. The Morgan fingerprint density at radius 1 is 1.37 bits per heavy atom. The molecule has 1 aliphatic rings. The van der Waals surface area contributed by atoms with Crippen molar-refractivity contribution in [3.05, 3.63) is 35.6 Å². The van der Waals surface area contributed by atoms with E-state index in [1.807, 2.05) is 4.90 Å². The number of halogens is 1. The highest BCUT2D eigenvalue weighted by molar-refractivity contribution is 5.77. The highest BCUT2D eigenvalue weighted by Gasteiger charge is 2.30. The molecule has 2 nitrogen and oxygen atoms in total. The van der Waals surface area contributed by atoms with Gasteiger partial charge in [0.1, 0.15) is 5.82 Å². The zero-order chi connectivity index (χ0) is 13.8. The number of benzene rings is 1. The molecule has 0 spiro atoms. The summed E-state index contributed by atoms with van der Waals surface area (Å²) < 4.78 is 12.8. The Morgan fingerprint density at radius 2 is 2.05 bits per heavy atom. The van der Waals surface area contributed by atoms with Crippen molar-refractivity contribution in [3.63, 3.8) is 0 Å². The molecule has 1 atom stereocenters. The van der Waals surface area contributed by atoms with E-state index in [4.69, 9.17) is 0 Å².